The van der Waals surface area contributed by atoms with Crippen LogP contribution in [-0.4, -0.2) is 58.9 Å². The number of aryl methyl sites for hydroxylation is 1. The van der Waals surface area contributed by atoms with E-state index in [1.807, 2.05) is 44.2 Å². The van der Waals surface area contributed by atoms with E-state index in [0.717, 1.165) is 27.2 Å². The zero-order valence-corrected chi connectivity index (χ0v) is 34.0. The van der Waals surface area contributed by atoms with E-state index in [1.54, 1.807) is 83.8 Å². The van der Waals surface area contributed by atoms with Gasteiger partial charge in [-0.1, -0.05) is 31.2 Å². The lowest BCUT2D eigenvalue weighted by molar-refractivity contribution is -0.131. The highest BCUT2D eigenvalue weighted by Gasteiger charge is 2.46. The number of nitrogens with zero attached hydrogens (tertiary/aromatic N) is 4. The maximum atomic E-state index is 14.7. The molecule has 1 saturated carbocycles. The Morgan fingerprint density at radius 2 is 1.67 bits per heavy atom. The number of benzene rings is 3. The summed E-state index contributed by atoms with van der Waals surface area (Å²) in [5.41, 5.74) is 2.85. The van der Waals surface area contributed by atoms with Crippen molar-refractivity contribution >= 4 is 52.2 Å². The molecule has 1 fully saturated rings. The van der Waals surface area contributed by atoms with E-state index in [4.69, 9.17) is 14.2 Å². The first-order valence-electron chi connectivity index (χ1n) is 19.0. The Balaban J connectivity index is 1.40. The van der Waals surface area contributed by atoms with Gasteiger partial charge in [0, 0.05) is 42.5 Å². The van der Waals surface area contributed by atoms with E-state index in [-0.39, 0.29) is 30.8 Å². The second-order valence-corrected chi connectivity index (χ2v) is 16.9. The summed E-state index contributed by atoms with van der Waals surface area (Å²) in [5, 5.41) is 17.5. The van der Waals surface area contributed by atoms with Crippen LogP contribution in [0.2, 0.25) is 0 Å². The van der Waals surface area contributed by atoms with Crippen molar-refractivity contribution in [3.8, 4) is 6.07 Å². The molecule has 7 rings (SSSR count). The van der Waals surface area contributed by atoms with E-state index >= 15 is 0 Å². The van der Waals surface area contributed by atoms with Gasteiger partial charge < -0.3 is 24.4 Å². The average Bonchev–Trinajstić information content (AvgIpc) is 3.92. The van der Waals surface area contributed by atoms with Crippen molar-refractivity contribution in [2.24, 2.45) is 0 Å². The van der Waals surface area contributed by atoms with Gasteiger partial charge in [-0.2, -0.15) is 10.2 Å². The van der Waals surface area contributed by atoms with Crippen LogP contribution in [0.25, 0.3) is 10.8 Å². The Morgan fingerprint density at radius 1 is 0.982 bits per heavy atom. The van der Waals surface area contributed by atoms with Crippen molar-refractivity contribution in [1.29, 1.82) is 5.26 Å². The van der Waals surface area contributed by atoms with Crippen molar-refractivity contribution in [3.63, 3.8) is 0 Å². The molecule has 0 spiro atoms. The maximum absolute atomic E-state index is 14.7. The van der Waals surface area contributed by atoms with E-state index in [1.165, 1.54) is 6.20 Å². The summed E-state index contributed by atoms with van der Waals surface area (Å²) in [6.45, 7) is 14.5. The number of hydrogen-bond acceptors (Lipinski definition) is 10. The highest BCUT2D eigenvalue weighted by molar-refractivity contribution is 6.14. The molecule has 3 aromatic carbocycles. The summed E-state index contributed by atoms with van der Waals surface area (Å²) in [6, 6.07) is 19.9. The molecule has 4 aromatic rings. The van der Waals surface area contributed by atoms with Crippen LogP contribution >= 0.6 is 0 Å². The number of likely N-dealkylation sites (N-methyl/N-ethyl adjacent to an activating group) is 1. The van der Waals surface area contributed by atoms with Gasteiger partial charge in [-0.15, -0.1) is 0 Å². The van der Waals surface area contributed by atoms with Crippen molar-refractivity contribution in [3.05, 3.63) is 94.7 Å². The summed E-state index contributed by atoms with van der Waals surface area (Å²) in [5.74, 6) is -0.327. The molecule has 3 aliphatic rings. The van der Waals surface area contributed by atoms with Crippen molar-refractivity contribution in [1.82, 2.24) is 9.88 Å². The number of rotatable bonds is 4. The number of aromatic nitrogens is 1. The molecule has 4 amide bonds. The summed E-state index contributed by atoms with van der Waals surface area (Å²) in [4.78, 5) is 61.4. The lowest BCUT2D eigenvalue weighted by atomic mass is 9.91. The number of anilines is 3. The van der Waals surface area contributed by atoms with Crippen molar-refractivity contribution in [2.75, 3.05) is 29.2 Å². The maximum Gasteiger partial charge on any atom is 0.425 e. The highest BCUT2D eigenvalue weighted by atomic mass is 16.6. The predicted octanol–water partition coefficient (Wildman–Crippen LogP) is 9.25. The largest absolute Gasteiger partial charge is 0.449 e. The molecule has 57 heavy (non-hydrogen) atoms. The molecule has 0 saturated heterocycles. The molecule has 1 aliphatic carbocycles. The van der Waals surface area contributed by atoms with Crippen molar-refractivity contribution < 1.29 is 33.4 Å². The van der Waals surface area contributed by atoms with Gasteiger partial charge in [-0.25, -0.2) is 19.4 Å². The van der Waals surface area contributed by atoms with Gasteiger partial charge in [-0.05, 0) is 131 Å². The molecular formula is C44H50N6O7. The lowest BCUT2D eigenvalue weighted by Gasteiger charge is -2.29. The number of nitrogens with one attached hydrogen (secondary N) is 2. The topological polar surface area (TPSA) is 163 Å². The first-order chi connectivity index (χ1) is 26.8. The molecule has 13 nitrogen and oxygen atoms in total. The summed E-state index contributed by atoms with van der Waals surface area (Å²) < 4.78 is 16.8. The molecule has 3 heterocycles. The van der Waals surface area contributed by atoms with Gasteiger partial charge in [0.15, 0.2) is 5.82 Å². The fourth-order valence-electron chi connectivity index (χ4n) is 7.01. The molecule has 0 radical (unpaired) electrons. The number of carbonyl (C=O) groups excluding carboxylic acids is 4. The smallest absolute Gasteiger partial charge is 0.425 e. The third kappa shape index (κ3) is 9.12. The van der Waals surface area contributed by atoms with Gasteiger partial charge in [0.05, 0.1) is 18.1 Å². The second-order valence-electron chi connectivity index (χ2n) is 16.9. The molecule has 2 aliphatic heterocycles. The zero-order chi connectivity index (χ0) is 41.4. The summed E-state index contributed by atoms with van der Waals surface area (Å²) in [6.07, 6.45) is 0.460. The fourth-order valence-corrected chi connectivity index (χ4v) is 7.01. The highest BCUT2D eigenvalue weighted by Crippen LogP contribution is 2.49. The van der Waals surface area contributed by atoms with Crippen LogP contribution in [0, 0.1) is 18.3 Å². The zero-order valence-electron chi connectivity index (χ0n) is 34.0. The Bertz CT molecular complexity index is 2250. The molecule has 2 atom stereocenters. The van der Waals surface area contributed by atoms with Crippen molar-refractivity contribution in [2.45, 2.75) is 103 Å². The van der Waals surface area contributed by atoms with E-state index < -0.39 is 40.9 Å². The number of imide groups is 1. The number of pyridine rings is 1. The molecule has 298 valence electrons. The first-order valence-corrected chi connectivity index (χ1v) is 19.0. The van der Waals surface area contributed by atoms with Gasteiger partial charge in [0.25, 0.3) is 0 Å². The van der Waals surface area contributed by atoms with Crippen LogP contribution in [0.3, 0.4) is 0 Å². The Kier molecular flexibility index (Phi) is 10.9. The summed E-state index contributed by atoms with van der Waals surface area (Å²) >= 11 is 0. The van der Waals surface area contributed by atoms with Gasteiger partial charge in [0.1, 0.15) is 17.2 Å². The average molecular weight is 775 g/mol. The minimum atomic E-state index is -0.934. The third-order valence-corrected chi connectivity index (χ3v) is 9.90. The number of carbonyl (C=O) groups is 4. The van der Waals surface area contributed by atoms with E-state index in [2.05, 4.69) is 21.7 Å². The number of fused-ring (bicyclic) bond motifs is 10. The fraction of sp³-hybridized carbons (Fsp3) is 0.409. The number of ether oxygens (including phenoxy) is 3. The standard InChI is InChI=1S/C44H50N6O7/c1-26-20-29-10-13-33(26)27(2)24-55-39(52)48-32-12-15-35(44(25-45)17-18-44)30(22-32)23-49(9)38(51)36(29)47-31-11-14-34-28(21-31)16-19-46-37(34)50(40(53)56-42(3,4)5)41(54)57-43(6,7)8/h10-16,19-22,27,36,47H,17-18,23-24H2,1-9H3,(H,48,52)/t27-,36+/m0/s1. The van der Waals surface area contributed by atoms with E-state index in [0.29, 0.717) is 40.6 Å². The first kappa shape index (κ1) is 40.5. The lowest BCUT2D eigenvalue weighted by Crippen LogP contribution is -2.44. The van der Waals surface area contributed by atoms with Crippen LogP contribution in [0.15, 0.2) is 66.9 Å². The van der Waals surface area contributed by atoms with Gasteiger partial charge >= 0.3 is 18.3 Å². The van der Waals surface area contributed by atoms with Crippen LogP contribution in [0.4, 0.5) is 31.6 Å². The van der Waals surface area contributed by atoms with Crippen LogP contribution in [-0.2, 0) is 31.0 Å². The molecule has 1 aromatic heterocycles. The molecular weight excluding hydrogens is 725 g/mol. The van der Waals surface area contributed by atoms with Crippen LogP contribution < -0.4 is 15.5 Å². The van der Waals surface area contributed by atoms with Crippen LogP contribution in [0.5, 0.6) is 0 Å². The monoisotopic (exact) mass is 774 g/mol. The van der Waals surface area contributed by atoms with Crippen LogP contribution in [0.1, 0.15) is 101 Å². The number of nitriles is 1. The second kappa shape index (κ2) is 15.4. The summed E-state index contributed by atoms with van der Waals surface area (Å²) in [7, 11) is 1.72. The number of amides is 4. The quantitative estimate of drug-likeness (QED) is 0.191. The minimum absolute atomic E-state index is 0.0346. The Labute approximate surface area is 333 Å². The molecule has 4 bridgehead atoms. The molecule has 2 N–H and O–H groups in total. The van der Waals surface area contributed by atoms with Gasteiger partial charge in [0.2, 0.25) is 5.91 Å². The number of hydrogen-bond donors (Lipinski definition) is 2. The third-order valence-electron chi connectivity index (χ3n) is 9.90. The predicted molar refractivity (Wildman–Crippen MR) is 217 cm³/mol. The SMILES string of the molecule is Cc1cc2ccc1[C@@H](C)COC(=O)Nc1ccc(C3(C#N)CC3)c(c1)CN(C)C(=O)[C@@H]2Nc1ccc2c(N(C(=O)OC(C)(C)C)C(=O)OC(C)(C)C)nccc2c1. The normalized spacial score (nSPS) is 18.2. The Morgan fingerprint density at radius 3 is 2.28 bits per heavy atom. The molecule has 0 unspecified atom stereocenters. The van der Waals surface area contributed by atoms with Gasteiger partial charge in [-0.3, -0.25) is 10.1 Å². The van der Waals surface area contributed by atoms with E-state index in [9.17, 15) is 24.4 Å². The molecule has 13 heteroatoms. The Hall–Kier alpha value is -6.16. The minimum Gasteiger partial charge on any atom is -0.449 e.